The van der Waals surface area contributed by atoms with Gasteiger partial charge in [-0.25, -0.2) is 0 Å². The second-order valence-electron chi connectivity index (χ2n) is 4.72. The monoisotopic (exact) mass is 258 g/mol. The summed E-state index contributed by atoms with van der Waals surface area (Å²) < 4.78 is 37.3. The molecule has 2 nitrogen and oxygen atoms in total. The molecule has 100 valence electrons. The summed E-state index contributed by atoms with van der Waals surface area (Å²) in [5, 5.41) is 3.37. The Morgan fingerprint density at radius 3 is 2.44 bits per heavy atom. The lowest BCUT2D eigenvalue weighted by atomic mass is 10.1. The third kappa shape index (κ3) is 3.16. The van der Waals surface area contributed by atoms with Crippen molar-refractivity contribution in [1.29, 1.82) is 0 Å². The molecule has 0 aromatic heterocycles. The van der Waals surface area contributed by atoms with E-state index in [0.717, 1.165) is 37.3 Å². The first-order valence-electron chi connectivity index (χ1n) is 6.08. The van der Waals surface area contributed by atoms with Crippen LogP contribution in [0.2, 0.25) is 0 Å². The molecule has 1 unspecified atom stereocenters. The zero-order chi connectivity index (χ0) is 13.2. The topological polar surface area (TPSA) is 15.3 Å². The zero-order valence-electron chi connectivity index (χ0n) is 10.3. The van der Waals surface area contributed by atoms with Crippen LogP contribution in [0.5, 0.6) is 0 Å². The fraction of sp³-hybridized carbons (Fsp3) is 0.538. The number of nitrogens with one attached hydrogen (secondary N) is 1. The Morgan fingerprint density at radius 2 is 1.94 bits per heavy atom. The number of hydrogen-bond donors (Lipinski definition) is 1. The van der Waals surface area contributed by atoms with Crippen molar-refractivity contribution >= 4 is 5.69 Å². The lowest BCUT2D eigenvalue weighted by molar-refractivity contribution is -0.137. The number of alkyl halides is 3. The van der Waals surface area contributed by atoms with Crippen molar-refractivity contribution in [2.45, 2.75) is 25.1 Å². The largest absolute Gasteiger partial charge is 0.416 e. The molecular weight excluding hydrogens is 241 g/mol. The van der Waals surface area contributed by atoms with Crippen LogP contribution in [0.15, 0.2) is 24.3 Å². The van der Waals surface area contributed by atoms with E-state index in [0.29, 0.717) is 6.04 Å². The first-order chi connectivity index (χ1) is 8.47. The third-order valence-electron chi connectivity index (χ3n) is 3.29. The molecule has 1 aromatic rings. The van der Waals surface area contributed by atoms with Crippen LogP contribution in [0.25, 0.3) is 0 Å². The van der Waals surface area contributed by atoms with Gasteiger partial charge in [0.15, 0.2) is 0 Å². The van der Waals surface area contributed by atoms with Crippen molar-refractivity contribution in [3.05, 3.63) is 29.8 Å². The van der Waals surface area contributed by atoms with Gasteiger partial charge in [-0.2, -0.15) is 13.2 Å². The Bertz CT molecular complexity index is 380. The molecular formula is C13H17F3N2. The number of hydrogen-bond acceptors (Lipinski definition) is 2. The standard InChI is InChI=1S/C13H17F3N2/c1-18(9-11-3-2-8-17-11)12-6-4-10(5-7-12)13(14,15)16/h4-7,11,17H,2-3,8-9H2,1H3. The van der Waals surface area contributed by atoms with E-state index in [1.165, 1.54) is 18.6 Å². The van der Waals surface area contributed by atoms with Gasteiger partial charge in [0.2, 0.25) is 0 Å². The molecule has 1 aliphatic rings. The van der Waals surface area contributed by atoms with Crippen LogP contribution in [-0.4, -0.2) is 26.2 Å². The van der Waals surface area contributed by atoms with Gasteiger partial charge in [-0.3, -0.25) is 0 Å². The van der Waals surface area contributed by atoms with Gasteiger partial charge in [0, 0.05) is 25.3 Å². The maximum absolute atomic E-state index is 12.4. The van der Waals surface area contributed by atoms with Crippen LogP contribution < -0.4 is 10.2 Å². The minimum atomic E-state index is -4.26. The van der Waals surface area contributed by atoms with Crippen molar-refractivity contribution in [2.75, 3.05) is 25.0 Å². The number of halogens is 3. The maximum Gasteiger partial charge on any atom is 0.416 e. The highest BCUT2D eigenvalue weighted by Gasteiger charge is 2.30. The van der Waals surface area contributed by atoms with Gasteiger partial charge in [-0.05, 0) is 43.7 Å². The lowest BCUT2D eigenvalue weighted by Crippen LogP contribution is -2.35. The first-order valence-corrected chi connectivity index (χ1v) is 6.08. The van der Waals surface area contributed by atoms with E-state index in [1.54, 1.807) is 0 Å². The summed E-state index contributed by atoms with van der Waals surface area (Å²) in [7, 11) is 1.91. The van der Waals surface area contributed by atoms with E-state index in [9.17, 15) is 13.2 Å². The number of rotatable bonds is 3. The summed E-state index contributed by atoms with van der Waals surface area (Å²) in [6.45, 7) is 1.86. The highest BCUT2D eigenvalue weighted by molar-refractivity contribution is 5.47. The molecule has 0 amide bonds. The fourth-order valence-electron chi connectivity index (χ4n) is 2.25. The van der Waals surface area contributed by atoms with Crippen molar-refractivity contribution in [3.8, 4) is 0 Å². The molecule has 0 spiro atoms. The van der Waals surface area contributed by atoms with E-state index < -0.39 is 11.7 Å². The van der Waals surface area contributed by atoms with Crippen LogP contribution in [0, 0.1) is 0 Å². The molecule has 18 heavy (non-hydrogen) atoms. The normalized spacial score (nSPS) is 20.1. The predicted octanol–water partition coefficient (Wildman–Crippen LogP) is 2.89. The summed E-state index contributed by atoms with van der Waals surface area (Å²) in [6, 6.07) is 5.76. The van der Waals surface area contributed by atoms with Gasteiger partial charge in [0.1, 0.15) is 0 Å². The Hall–Kier alpha value is -1.23. The van der Waals surface area contributed by atoms with Gasteiger partial charge < -0.3 is 10.2 Å². The van der Waals surface area contributed by atoms with E-state index >= 15 is 0 Å². The van der Waals surface area contributed by atoms with Gasteiger partial charge >= 0.3 is 6.18 Å². The van der Waals surface area contributed by atoms with Crippen molar-refractivity contribution in [3.63, 3.8) is 0 Å². The number of nitrogens with zero attached hydrogens (tertiary/aromatic N) is 1. The highest BCUT2D eigenvalue weighted by Crippen LogP contribution is 2.30. The SMILES string of the molecule is CN(CC1CCCN1)c1ccc(C(F)(F)F)cc1. The number of likely N-dealkylation sites (N-methyl/N-ethyl adjacent to an activating group) is 1. The number of benzene rings is 1. The van der Waals surface area contributed by atoms with Crippen LogP contribution in [0.3, 0.4) is 0 Å². The van der Waals surface area contributed by atoms with Crippen molar-refractivity contribution in [1.82, 2.24) is 5.32 Å². The predicted molar refractivity (Wildman–Crippen MR) is 65.7 cm³/mol. The highest BCUT2D eigenvalue weighted by atomic mass is 19.4. The Labute approximate surface area is 105 Å². The maximum atomic E-state index is 12.4. The smallest absolute Gasteiger partial charge is 0.373 e. The molecule has 2 rings (SSSR count). The van der Waals surface area contributed by atoms with Crippen molar-refractivity contribution in [2.24, 2.45) is 0 Å². The fourth-order valence-corrected chi connectivity index (χ4v) is 2.25. The summed E-state index contributed by atoms with van der Waals surface area (Å²) in [5.41, 5.74) is 0.218. The molecule has 1 aliphatic heterocycles. The zero-order valence-corrected chi connectivity index (χ0v) is 10.3. The molecule has 1 fully saturated rings. The summed E-state index contributed by atoms with van der Waals surface area (Å²) in [5.74, 6) is 0. The molecule has 5 heteroatoms. The molecule has 0 aliphatic carbocycles. The molecule has 1 saturated heterocycles. The molecule has 0 bridgehead atoms. The summed E-state index contributed by atoms with van der Waals surface area (Å²) in [4.78, 5) is 1.99. The average molecular weight is 258 g/mol. The minimum absolute atomic E-state index is 0.442. The van der Waals surface area contributed by atoms with E-state index in [2.05, 4.69) is 5.32 Å². The average Bonchev–Trinajstić information content (AvgIpc) is 2.81. The van der Waals surface area contributed by atoms with Gasteiger partial charge in [0.25, 0.3) is 0 Å². The second kappa shape index (κ2) is 5.18. The van der Waals surface area contributed by atoms with Crippen LogP contribution in [0.1, 0.15) is 18.4 Å². The Kier molecular flexibility index (Phi) is 3.80. The Morgan fingerprint density at radius 1 is 1.28 bits per heavy atom. The van der Waals surface area contributed by atoms with Gasteiger partial charge in [0.05, 0.1) is 5.56 Å². The molecule has 1 atom stereocenters. The molecule has 1 aromatic carbocycles. The third-order valence-corrected chi connectivity index (χ3v) is 3.29. The lowest BCUT2D eigenvalue weighted by Gasteiger charge is -2.23. The van der Waals surface area contributed by atoms with E-state index in [1.807, 2.05) is 11.9 Å². The number of anilines is 1. The van der Waals surface area contributed by atoms with E-state index in [-0.39, 0.29) is 0 Å². The van der Waals surface area contributed by atoms with Crippen LogP contribution >= 0.6 is 0 Å². The van der Waals surface area contributed by atoms with Crippen LogP contribution in [-0.2, 0) is 6.18 Å². The molecule has 1 N–H and O–H groups in total. The molecule has 0 saturated carbocycles. The van der Waals surface area contributed by atoms with Gasteiger partial charge in [-0.1, -0.05) is 0 Å². The minimum Gasteiger partial charge on any atom is -0.373 e. The molecule has 1 heterocycles. The molecule has 0 radical (unpaired) electrons. The first kappa shape index (κ1) is 13.2. The quantitative estimate of drug-likeness (QED) is 0.896. The Balaban J connectivity index is 2.00. The summed E-state index contributed by atoms with van der Waals surface area (Å²) >= 11 is 0. The summed E-state index contributed by atoms with van der Waals surface area (Å²) in [6.07, 6.45) is -1.96. The van der Waals surface area contributed by atoms with Crippen molar-refractivity contribution < 1.29 is 13.2 Å². The second-order valence-corrected chi connectivity index (χ2v) is 4.72. The van der Waals surface area contributed by atoms with Gasteiger partial charge in [-0.15, -0.1) is 0 Å². The van der Waals surface area contributed by atoms with E-state index in [4.69, 9.17) is 0 Å². The van der Waals surface area contributed by atoms with Crippen LogP contribution in [0.4, 0.5) is 18.9 Å².